The molecule has 1 aliphatic rings. The van der Waals surface area contributed by atoms with Gasteiger partial charge < -0.3 is 28.6 Å². The summed E-state index contributed by atoms with van der Waals surface area (Å²) < 4.78 is 38.1. The zero-order valence-electron chi connectivity index (χ0n) is 20.2. The molecule has 1 saturated heterocycles. The van der Waals surface area contributed by atoms with Gasteiger partial charge in [-0.1, -0.05) is 6.07 Å². The van der Waals surface area contributed by atoms with E-state index >= 15 is 0 Å². The number of nitrogens with zero attached hydrogens (tertiary/aromatic N) is 3. The third kappa shape index (κ3) is 6.94. The van der Waals surface area contributed by atoms with Gasteiger partial charge in [-0.25, -0.2) is 9.37 Å². The molecule has 9 heteroatoms. The van der Waals surface area contributed by atoms with Gasteiger partial charge in [-0.2, -0.15) is 0 Å². The summed E-state index contributed by atoms with van der Waals surface area (Å²) in [6, 6.07) is 11.6. The van der Waals surface area contributed by atoms with E-state index < -0.39 is 5.60 Å². The number of benzene rings is 2. The molecule has 3 aromatic rings. The van der Waals surface area contributed by atoms with Gasteiger partial charge in [0.2, 0.25) is 0 Å². The number of hydrogen-bond acceptors (Lipinski definition) is 7. The molecule has 4 rings (SSSR count). The fourth-order valence-electron chi connectivity index (χ4n) is 4.05. The van der Waals surface area contributed by atoms with Crippen LogP contribution in [-0.4, -0.2) is 71.8 Å². The van der Waals surface area contributed by atoms with Gasteiger partial charge >= 0.3 is 0 Å². The van der Waals surface area contributed by atoms with E-state index in [4.69, 9.17) is 18.9 Å². The standard InChI is InChI=1S/C26H32FN3O5/c1-20-28-9-10-30(20)12-14-34-25-15-21(3-8-24(25)32-2)16-29-11-13-33-18-26(31,17-29)19-35-23-6-4-22(27)5-7-23/h3-10,15,31H,11-14,16-19H2,1-2H3/t26-/m1/s1. The predicted octanol–water partition coefficient (Wildman–Crippen LogP) is 3.06. The maximum Gasteiger partial charge on any atom is 0.161 e. The molecule has 1 atom stereocenters. The zero-order chi connectivity index (χ0) is 24.7. The van der Waals surface area contributed by atoms with Crippen molar-refractivity contribution >= 4 is 0 Å². The van der Waals surface area contributed by atoms with Crippen molar-refractivity contribution in [3.05, 3.63) is 72.1 Å². The van der Waals surface area contributed by atoms with Crippen LogP contribution in [0.3, 0.4) is 0 Å². The van der Waals surface area contributed by atoms with Crippen molar-refractivity contribution in [2.45, 2.75) is 25.6 Å². The van der Waals surface area contributed by atoms with Gasteiger partial charge in [-0.15, -0.1) is 0 Å². The first-order chi connectivity index (χ1) is 16.9. The molecule has 35 heavy (non-hydrogen) atoms. The molecule has 0 spiro atoms. The molecule has 1 aromatic heterocycles. The van der Waals surface area contributed by atoms with Crippen molar-refractivity contribution in [3.8, 4) is 17.2 Å². The van der Waals surface area contributed by atoms with Crippen LogP contribution in [0.4, 0.5) is 4.39 Å². The molecule has 0 saturated carbocycles. The third-order valence-electron chi connectivity index (χ3n) is 5.91. The first-order valence-electron chi connectivity index (χ1n) is 11.6. The minimum atomic E-state index is -1.20. The fourth-order valence-corrected chi connectivity index (χ4v) is 4.05. The second-order valence-electron chi connectivity index (χ2n) is 8.73. The Kier molecular flexibility index (Phi) is 8.22. The summed E-state index contributed by atoms with van der Waals surface area (Å²) >= 11 is 0. The summed E-state index contributed by atoms with van der Waals surface area (Å²) in [5.74, 6) is 2.44. The number of β-amino-alcohol motifs (C(OH)–C–C–N with tert-alkyl or cyclic N) is 1. The fraction of sp³-hybridized carbons (Fsp3) is 0.423. The molecule has 188 valence electrons. The van der Waals surface area contributed by atoms with Gasteiger partial charge in [-0.3, -0.25) is 4.90 Å². The van der Waals surface area contributed by atoms with Crippen molar-refractivity contribution in [3.63, 3.8) is 0 Å². The Hall–Kier alpha value is -3.14. The quantitative estimate of drug-likeness (QED) is 0.473. The third-order valence-corrected chi connectivity index (χ3v) is 5.91. The number of methoxy groups -OCH3 is 1. The number of aliphatic hydroxyl groups is 1. The molecule has 0 amide bonds. The van der Waals surface area contributed by atoms with Gasteiger partial charge in [0.1, 0.15) is 36.2 Å². The summed E-state index contributed by atoms with van der Waals surface area (Å²) in [4.78, 5) is 6.36. The maximum absolute atomic E-state index is 13.1. The number of aromatic nitrogens is 2. The monoisotopic (exact) mass is 485 g/mol. The molecule has 1 N–H and O–H groups in total. The number of imidazole rings is 1. The lowest BCUT2D eigenvalue weighted by atomic mass is 10.1. The van der Waals surface area contributed by atoms with E-state index in [1.54, 1.807) is 25.4 Å². The lowest BCUT2D eigenvalue weighted by Gasteiger charge is -2.30. The smallest absolute Gasteiger partial charge is 0.161 e. The highest BCUT2D eigenvalue weighted by molar-refractivity contribution is 5.43. The molecule has 0 unspecified atom stereocenters. The van der Waals surface area contributed by atoms with E-state index in [-0.39, 0.29) is 19.0 Å². The highest BCUT2D eigenvalue weighted by Crippen LogP contribution is 2.29. The molecule has 8 nitrogen and oxygen atoms in total. The zero-order valence-corrected chi connectivity index (χ0v) is 20.2. The first-order valence-corrected chi connectivity index (χ1v) is 11.6. The number of aryl methyl sites for hydroxylation is 1. The van der Waals surface area contributed by atoms with Crippen LogP contribution in [0.15, 0.2) is 54.9 Å². The van der Waals surface area contributed by atoms with Crippen LogP contribution in [0.25, 0.3) is 0 Å². The molecule has 0 bridgehead atoms. The second kappa shape index (κ2) is 11.5. The molecule has 1 fully saturated rings. The maximum atomic E-state index is 13.1. The Labute approximate surface area is 204 Å². The van der Waals surface area contributed by atoms with Crippen LogP contribution in [-0.2, 0) is 17.8 Å². The summed E-state index contributed by atoms with van der Waals surface area (Å²) in [6.45, 7) is 5.47. The molecule has 1 aliphatic heterocycles. The lowest BCUT2D eigenvalue weighted by molar-refractivity contribution is -0.0646. The largest absolute Gasteiger partial charge is 0.493 e. The van der Waals surface area contributed by atoms with Crippen LogP contribution >= 0.6 is 0 Å². The Bertz CT molecular complexity index is 1090. The number of hydrogen-bond donors (Lipinski definition) is 1. The predicted molar refractivity (Wildman–Crippen MR) is 128 cm³/mol. The topological polar surface area (TPSA) is 78.2 Å². The van der Waals surface area contributed by atoms with E-state index in [2.05, 4.69) is 9.88 Å². The highest BCUT2D eigenvalue weighted by atomic mass is 19.1. The Morgan fingerprint density at radius 1 is 1.14 bits per heavy atom. The Balaban J connectivity index is 1.37. The summed E-state index contributed by atoms with van der Waals surface area (Å²) in [6.07, 6.45) is 3.70. The molecule has 2 heterocycles. The summed E-state index contributed by atoms with van der Waals surface area (Å²) in [5, 5.41) is 11.2. The Morgan fingerprint density at radius 3 is 2.71 bits per heavy atom. The van der Waals surface area contributed by atoms with E-state index in [1.807, 2.05) is 35.9 Å². The van der Waals surface area contributed by atoms with E-state index in [9.17, 15) is 9.50 Å². The van der Waals surface area contributed by atoms with Crippen LogP contribution in [0.2, 0.25) is 0 Å². The van der Waals surface area contributed by atoms with Gasteiger partial charge in [0.05, 0.1) is 26.9 Å². The lowest BCUT2D eigenvalue weighted by Crippen LogP contribution is -2.48. The number of rotatable bonds is 10. The normalized spacial score (nSPS) is 18.7. The number of halogens is 1. The van der Waals surface area contributed by atoms with Crippen molar-refractivity contribution in [2.75, 3.05) is 46.6 Å². The van der Waals surface area contributed by atoms with Crippen LogP contribution in [0.1, 0.15) is 11.4 Å². The first kappa shape index (κ1) is 25.0. The van der Waals surface area contributed by atoms with Crippen LogP contribution < -0.4 is 14.2 Å². The van der Waals surface area contributed by atoms with Crippen molar-refractivity contribution in [2.24, 2.45) is 0 Å². The second-order valence-corrected chi connectivity index (χ2v) is 8.73. The molecule has 0 aliphatic carbocycles. The SMILES string of the molecule is COc1ccc(CN2CCOC[C@@](O)(COc3ccc(F)cc3)C2)cc1OCCn1ccnc1C. The van der Waals surface area contributed by atoms with E-state index in [0.717, 1.165) is 11.4 Å². The minimum absolute atomic E-state index is 0.0414. The molecular weight excluding hydrogens is 453 g/mol. The van der Waals surface area contributed by atoms with Crippen molar-refractivity contribution in [1.29, 1.82) is 0 Å². The minimum Gasteiger partial charge on any atom is -0.493 e. The van der Waals surface area contributed by atoms with Gasteiger partial charge in [0, 0.05) is 32.0 Å². The van der Waals surface area contributed by atoms with Crippen molar-refractivity contribution < 1.29 is 28.4 Å². The summed E-state index contributed by atoms with van der Waals surface area (Å²) in [5.41, 5.74) is -0.164. The number of ether oxygens (including phenoxy) is 4. The average molecular weight is 486 g/mol. The van der Waals surface area contributed by atoms with E-state index in [1.165, 1.54) is 12.1 Å². The van der Waals surface area contributed by atoms with Crippen LogP contribution in [0, 0.1) is 12.7 Å². The average Bonchev–Trinajstić information content (AvgIpc) is 3.16. The molecule has 0 radical (unpaired) electrons. The molecular formula is C26H32FN3O5. The van der Waals surface area contributed by atoms with E-state index in [0.29, 0.717) is 56.6 Å². The van der Waals surface area contributed by atoms with Gasteiger partial charge in [0.15, 0.2) is 11.5 Å². The summed E-state index contributed by atoms with van der Waals surface area (Å²) in [7, 11) is 1.62. The van der Waals surface area contributed by atoms with Gasteiger partial charge in [-0.05, 0) is 48.9 Å². The van der Waals surface area contributed by atoms with Crippen molar-refractivity contribution in [1.82, 2.24) is 14.5 Å². The molecule has 2 aromatic carbocycles. The highest BCUT2D eigenvalue weighted by Gasteiger charge is 2.33. The Morgan fingerprint density at radius 2 is 1.97 bits per heavy atom. The van der Waals surface area contributed by atoms with Crippen LogP contribution in [0.5, 0.6) is 17.2 Å². The van der Waals surface area contributed by atoms with Gasteiger partial charge in [0.25, 0.3) is 0 Å².